The van der Waals surface area contributed by atoms with E-state index in [1.54, 1.807) is 21.6 Å². The first-order valence-electron chi connectivity index (χ1n) is 20.4. The summed E-state index contributed by atoms with van der Waals surface area (Å²) < 4.78 is 16.7. The molecule has 2 aromatic rings. The number of hydrogen-bond acceptors (Lipinski definition) is 10. The van der Waals surface area contributed by atoms with E-state index in [2.05, 4.69) is 15.6 Å². The van der Waals surface area contributed by atoms with Crippen LogP contribution in [0.15, 0.2) is 24.3 Å². The Hall–Kier alpha value is -4.95. The van der Waals surface area contributed by atoms with Crippen molar-refractivity contribution in [1.82, 2.24) is 30.3 Å². The Morgan fingerprint density at radius 2 is 1.62 bits per heavy atom. The molecule has 2 saturated heterocycles. The summed E-state index contributed by atoms with van der Waals surface area (Å²) in [5.41, 5.74) is 1.36. The van der Waals surface area contributed by atoms with E-state index in [0.29, 0.717) is 42.8 Å². The number of pyridine rings is 1. The number of nitrogens with zero attached hydrogens (tertiary/aromatic N) is 4. The summed E-state index contributed by atoms with van der Waals surface area (Å²) in [6.45, 7) is 5.49. The Morgan fingerprint density at radius 1 is 0.875 bits per heavy atom. The lowest BCUT2D eigenvalue weighted by atomic mass is 9.93. The second-order valence-corrected chi connectivity index (χ2v) is 15.5. The van der Waals surface area contributed by atoms with Gasteiger partial charge in [-0.2, -0.15) is 0 Å². The van der Waals surface area contributed by atoms with E-state index < -0.39 is 24.1 Å². The number of nitrogens with one attached hydrogen (secondary N) is 2. The van der Waals surface area contributed by atoms with Crippen LogP contribution in [0.25, 0.3) is 10.9 Å². The van der Waals surface area contributed by atoms with Gasteiger partial charge in [-0.05, 0) is 95.2 Å². The molecule has 2 unspecified atom stereocenters. The van der Waals surface area contributed by atoms with Gasteiger partial charge >= 0.3 is 12.1 Å². The third kappa shape index (κ3) is 10.5. The van der Waals surface area contributed by atoms with Gasteiger partial charge in [0.05, 0.1) is 18.7 Å². The highest BCUT2D eigenvalue weighted by atomic mass is 16.6. The molecule has 2 aliphatic carbocycles. The molecule has 3 heterocycles. The number of fused-ring (bicyclic) bond motifs is 1. The highest BCUT2D eigenvalue weighted by Crippen LogP contribution is 2.28. The third-order valence-electron chi connectivity index (χ3n) is 11.4. The molecule has 0 bridgehead atoms. The van der Waals surface area contributed by atoms with Gasteiger partial charge in [-0.15, -0.1) is 0 Å². The van der Waals surface area contributed by atoms with E-state index in [1.807, 2.05) is 25.1 Å². The number of likely N-dealkylation sites (tertiary alicyclic amines) is 1. The number of rotatable bonds is 15. The summed E-state index contributed by atoms with van der Waals surface area (Å²) in [6.07, 6.45) is 8.88. The maximum Gasteiger partial charge on any atom is 0.409 e. The average molecular weight is 777 g/mol. The number of esters is 1. The van der Waals surface area contributed by atoms with Crippen LogP contribution in [0.4, 0.5) is 4.79 Å². The molecule has 0 spiro atoms. The van der Waals surface area contributed by atoms with Crippen LogP contribution in [-0.2, 0) is 28.7 Å². The predicted octanol–water partition coefficient (Wildman–Crippen LogP) is 3.88. The average Bonchev–Trinajstić information content (AvgIpc) is 3.90. The highest BCUT2D eigenvalue weighted by molar-refractivity contribution is 5.99. The molecule has 304 valence electrons. The Labute approximate surface area is 328 Å². The van der Waals surface area contributed by atoms with E-state index in [0.717, 1.165) is 56.9 Å². The van der Waals surface area contributed by atoms with E-state index in [-0.39, 0.29) is 93.4 Å². The Morgan fingerprint density at radius 3 is 2.34 bits per heavy atom. The summed E-state index contributed by atoms with van der Waals surface area (Å²) in [6, 6.07) is 5.62. The minimum Gasteiger partial charge on any atom is -0.483 e. The molecule has 2 aliphatic heterocycles. The van der Waals surface area contributed by atoms with Gasteiger partial charge < -0.3 is 39.5 Å². The van der Waals surface area contributed by atoms with Gasteiger partial charge in [0.1, 0.15) is 23.5 Å². The van der Waals surface area contributed by atoms with E-state index >= 15 is 0 Å². The first-order valence-corrected chi connectivity index (χ1v) is 20.4. The molecule has 4 aliphatic rings. The first-order chi connectivity index (χ1) is 27.1. The largest absolute Gasteiger partial charge is 0.483 e. The monoisotopic (exact) mass is 776 g/mol. The van der Waals surface area contributed by atoms with Crippen LogP contribution in [0, 0.1) is 12.8 Å². The zero-order chi connectivity index (χ0) is 39.6. The second kappa shape index (κ2) is 19.3. The van der Waals surface area contributed by atoms with E-state index in [9.17, 15) is 28.8 Å². The third-order valence-corrected chi connectivity index (χ3v) is 11.4. The van der Waals surface area contributed by atoms with Crippen LogP contribution in [0.2, 0.25) is 0 Å². The number of benzene rings is 1. The fraction of sp³-hybridized carbons (Fsp3) is 0.634. The lowest BCUT2D eigenvalue weighted by Crippen LogP contribution is -2.56. The summed E-state index contributed by atoms with van der Waals surface area (Å²) in [7, 11) is 0. The summed E-state index contributed by atoms with van der Waals surface area (Å²) in [5.74, 6) is -1.08. The predicted molar refractivity (Wildman–Crippen MR) is 206 cm³/mol. The SMILES string of the molecule is CCOC(=O)N1CCN(C(=O)C(CCCC(=O)OCC2CCCC2)NC(=O)c2cc(OCC(=O)N3CCCC3C(=O)NC3CCC3)c3ccc(C)cc3n2)CC1. The molecule has 15 heteroatoms. The van der Waals surface area contributed by atoms with Crippen molar-refractivity contribution in [2.75, 3.05) is 52.5 Å². The molecule has 2 N–H and O–H groups in total. The van der Waals surface area contributed by atoms with Crippen molar-refractivity contribution in [2.45, 2.75) is 109 Å². The number of piperazine rings is 1. The Kier molecular flexibility index (Phi) is 14.0. The van der Waals surface area contributed by atoms with Crippen molar-refractivity contribution < 1.29 is 43.0 Å². The lowest BCUT2D eigenvalue weighted by Gasteiger charge is -2.36. The fourth-order valence-corrected chi connectivity index (χ4v) is 7.90. The minimum absolute atomic E-state index is 0.00891. The number of aryl methyl sites for hydroxylation is 1. The summed E-state index contributed by atoms with van der Waals surface area (Å²) >= 11 is 0. The van der Waals surface area contributed by atoms with E-state index in [1.165, 1.54) is 6.07 Å². The molecule has 2 atom stereocenters. The molecule has 6 rings (SSSR count). The van der Waals surface area contributed by atoms with Crippen LogP contribution in [0.5, 0.6) is 5.75 Å². The molecule has 5 amide bonds. The van der Waals surface area contributed by atoms with Crippen LogP contribution >= 0.6 is 0 Å². The fourth-order valence-electron chi connectivity index (χ4n) is 7.90. The van der Waals surface area contributed by atoms with Crippen molar-refractivity contribution >= 4 is 46.6 Å². The Bertz CT molecular complexity index is 1750. The summed E-state index contributed by atoms with van der Waals surface area (Å²) in [5, 5.41) is 6.53. The van der Waals surface area contributed by atoms with Gasteiger partial charge in [0, 0.05) is 56.6 Å². The molecule has 1 aromatic heterocycles. The second-order valence-electron chi connectivity index (χ2n) is 15.5. The van der Waals surface area contributed by atoms with Crippen LogP contribution < -0.4 is 15.4 Å². The van der Waals surface area contributed by atoms with Crippen molar-refractivity contribution in [1.29, 1.82) is 0 Å². The standard InChI is InChI=1S/C41H56N6O9/c1-3-54-41(53)46-21-19-45(20-22-46)40(52)31(13-7-15-37(49)56-25-28-9-4-5-10-28)44-38(50)33-24-35(30-17-16-27(2)23-32(30)43-33)55-26-36(48)47-18-8-14-34(47)39(51)42-29-11-6-12-29/h16-17,23-24,28-29,31,34H,3-15,18-22,25-26H2,1-2H3,(H,42,51)(H,44,50). The van der Waals surface area contributed by atoms with Crippen LogP contribution in [0.3, 0.4) is 0 Å². The van der Waals surface area contributed by atoms with Crippen LogP contribution in [-0.4, -0.2) is 126 Å². The number of carbonyl (C=O) groups excluding carboxylic acids is 6. The van der Waals surface area contributed by atoms with Gasteiger partial charge in [-0.1, -0.05) is 18.9 Å². The molecular formula is C41H56N6O9. The molecule has 1 aromatic carbocycles. The Balaban J connectivity index is 1.14. The van der Waals surface area contributed by atoms with Crippen molar-refractivity contribution in [2.24, 2.45) is 5.92 Å². The lowest BCUT2D eigenvalue weighted by molar-refractivity contribution is -0.145. The highest BCUT2D eigenvalue weighted by Gasteiger charge is 2.36. The summed E-state index contributed by atoms with van der Waals surface area (Å²) in [4.78, 5) is 88.6. The van der Waals surface area contributed by atoms with E-state index in [4.69, 9.17) is 14.2 Å². The molecular weight excluding hydrogens is 720 g/mol. The number of ether oxygens (including phenoxy) is 3. The maximum atomic E-state index is 14.0. The normalized spacial score (nSPS) is 19.3. The van der Waals surface area contributed by atoms with Gasteiger partial charge in [-0.25, -0.2) is 9.78 Å². The molecule has 15 nitrogen and oxygen atoms in total. The first kappa shape index (κ1) is 40.7. The molecule has 2 saturated carbocycles. The minimum atomic E-state index is -0.988. The van der Waals surface area contributed by atoms with Gasteiger partial charge in [0.15, 0.2) is 6.61 Å². The zero-order valence-electron chi connectivity index (χ0n) is 32.7. The number of amides is 5. The quantitative estimate of drug-likeness (QED) is 0.253. The molecule has 4 fully saturated rings. The molecule has 0 radical (unpaired) electrons. The number of aromatic nitrogens is 1. The van der Waals surface area contributed by atoms with Gasteiger partial charge in [0.2, 0.25) is 11.8 Å². The topological polar surface area (TPSA) is 177 Å². The number of carbonyl (C=O) groups is 6. The van der Waals surface area contributed by atoms with Crippen molar-refractivity contribution in [3.63, 3.8) is 0 Å². The van der Waals surface area contributed by atoms with Crippen molar-refractivity contribution in [3.8, 4) is 5.75 Å². The number of hydrogen-bond donors (Lipinski definition) is 2. The maximum absolute atomic E-state index is 14.0. The van der Waals surface area contributed by atoms with Crippen LogP contribution in [0.1, 0.15) is 100 Å². The van der Waals surface area contributed by atoms with Gasteiger partial charge in [-0.3, -0.25) is 24.0 Å². The zero-order valence-corrected chi connectivity index (χ0v) is 32.7. The van der Waals surface area contributed by atoms with Crippen molar-refractivity contribution in [3.05, 3.63) is 35.5 Å². The smallest absolute Gasteiger partial charge is 0.409 e. The van der Waals surface area contributed by atoms with Gasteiger partial charge in [0.25, 0.3) is 11.8 Å². The molecule has 56 heavy (non-hydrogen) atoms.